The molecule has 1 amide bonds. The van der Waals surface area contributed by atoms with Crippen molar-refractivity contribution in [1.29, 1.82) is 0 Å². The molecule has 0 aliphatic carbocycles. The second-order valence-electron chi connectivity index (χ2n) is 8.13. The lowest BCUT2D eigenvalue weighted by molar-refractivity contribution is -0.202. The van der Waals surface area contributed by atoms with Crippen LogP contribution in [0.4, 0.5) is 0 Å². The summed E-state index contributed by atoms with van der Waals surface area (Å²) in [4.78, 5) is 19.4. The Labute approximate surface area is 203 Å². The van der Waals surface area contributed by atoms with E-state index in [0.29, 0.717) is 13.0 Å². The molecule has 2 aliphatic heterocycles. The smallest absolute Gasteiger partial charge is 0.263 e. The van der Waals surface area contributed by atoms with Crippen molar-refractivity contribution in [1.82, 2.24) is 14.1 Å². The van der Waals surface area contributed by atoms with Gasteiger partial charge in [0.15, 0.2) is 6.29 Å². The summed E-state index contributed by atoms with van der Waals surface area (Å²) in [5.74, 6) is -0.749. The zero-order valence-electron chi connectivity index (χ0n) is 18.6. The molecule has 2 saturated heterocycles. The number of nitrogens with one attached hydrogen (secondary N) is 1. The minimum atomic E-state index is -4.09. The van der Waals surface area contributed by atoms with Crippen molar-refractivity contribution in [2.24, 2.45) is 0 Å². The molecule has 2 aromatic rings. The maximum absolute atomic E-state index is 13.5. The zero-order valence-corrected chi connectivity index (χ0v) is 21.1. The van der Waals surface area contributed by atoms with Gasteiger partial charge in [0, 0.05) is 37.5 Å². The second kappa shape index (κ2) is 10.4. The third-order valence-corrected chi connectivity index (χ3v) is 9.87. The fourth-order valence-electron chi connectivity index (χ4n) is 3.91. The molecule has 1 N–H and O–H groups in total. The van der Waals surface area contributed by atoms with E-state index in [1.165, 1.54) is 12.1 Å². The number of rotatable bonds is 7. The summed E-state index contributed by atoms with van der Waals surface area (Å²) in [7, 11) is -7.71. The molecule has 10 nitrogen and oxygen atoms in total. The minimum absolute atomic E-state index is 0.0231. The number of carbonyl (C=O) groups excluding carboxylic acids is 1. The van der Waals surface area contributed by atoms with Gasteiger partial charge >= 0.3 is 0 Å². The molecule has 1 aromatic carbocycles. The van der Waals surface area contributed by atoms with Crippen molar-refractivity contribution in [3.63, 3.8) is 0 Å². The maximum atomic E-state index is 13.5. The van der Waals surface area contributed by atoms with Crippen molar-refractivity contribution >= 4 is 37.3 Å². The molecule has 13 heteroatoms. The molecule has 0 saturated carbocycles. The molecule has 1 aromatic heterocycles. The highest BCUT2D eigenvalue weighted by molar-refractivity contribution is 7.89. The number of hydrogen-bond donors (Lipinski definition) is 1. The van der Waals surface area contributed by atoms with Crippen LogP contribution in [0.1, 0.15) is 19.3 Å². The lowest BCUT2D eigenvalue weighted by Gasteiger charge is -2.38. The minimum Gasteiger partial charge on any atom is -0.350 e. The van der Waals surface area contributed by atoms with Gasteiger partial charge in [-0.2, -0.15) is 8.61 Å². The van der Waals surface area contributed by atoms with Crippen molar-refractivity contribution < 1.29 is 31.2 Å². The van der Waals surface area contributed by atoms with Crippen LogP contribution in [-0.2, 0) is 34.4 Å². The lowest BCUT2D eigenvalue weighted by Crippen LogP contribution is -2.61. The fraction of sp³-hybridized carbons (Fsp3) is 0.476. The van der Waals surface area contributed by atoms with Crippen LogP contribution < -0.4 is 5.48 Å². The summed E-state index contributed by atoms with van der Waals surface area (Å²) < 4.78 is 58.7. The third-order valence-electron chi connectivity index (χ3n) is 5.76. The summed E-state index contributed by atoms with van der Waals surface area (Å²) in [5, 5.41) is 1.94. The molecule has 2 aliphatic rings. The third kappa shape index (κ3) is 5.67. The van der Waals surface area contributed by atoms with Gasteiger partial charge < -0.3 is 4.74 Å². The summed E-state index contributed by atoms with van der Waals surface area (Å²) in [6.07, 6.45) is 2.79. The van der Waals surface area contributed by atoms with E-state index in [-0.39, 0.29) is 24.5 Å². The normalized spacial score (nSPS) is 23.0. The maximum Gasteiger partial charge on any atom is 0.263 e. The molecular weight excluding hydrogens is 502 g/mol. The number of hydroxylamine groups is 1. The number of benzene rings is 1. The van der Waals surface area contributed by atoms with Crippen LogP contribution in [0.5, 0.6) is 0 Å². The van der Waals surface area contributed by atoms with Gasteiger partial charge in [-0.25, -0.2) is 27.2 Å². The lowest BCUT2D eigenvalue weighted by atomic mass is 10.2. The summed E-state index contributed by atoms with van der Waals surface area (Å²) in [5.41, 5.74) is 3.17. The number of hydrogen-bond acceptors (Lipinski definition) is 8. The highest BCUT2D eigenvalue weighted by atomic mass is 32.2. The van der Waals surface area contributed by atoms with Crippen LogP contribution in [0.2, 0.25) is 0 Å². The van der Waals surface area contributed by atoms with Crippen LogP contribution >= 0.6 is 11.3 Å². The largest absolute Gasteiger partial charge is 0.350 e. The van der Waals surface area contributed by atoms with Gasteiger partial charge in [0.1, 0.15) is 6.04 Å². The number of ether oxygens (including phenoxy) is 1. The molecular formula is C21H27N3O7S3. The van der Waals surface area contributed by atoms with E-state index in [2.05, 4.69) is 5.48 Å². The van der Waals surface area contributed by atoms with Crippen molar-refractivity contribution in [3.8, 4) is 10.4 Å². The highest BCUT2D eigenvalue weighted by Crippen LogP contribution is 2.28. The number of sulfonamides is 2. The zero-order chi connectivity index (χ0) is 24.3. The first kappa shape index (κ1) is 25.2. The van der Waals surface area contributed by atoms with Crippen molar-refractivity contribution in [2.75, 3.05) is 32.5 Å². The quantitative estimate of drug-likeness (QED) is 0.541. The Balaban J connectivity index is 1.55. The van der Waals surface area contributed by atoms with Gasteiger partial charge in [0.25, 0.3) is 5.91 Å². The Morgan fingerprint density at radius 2 is 1.88 bits per heavy atom. The topological polar surface area (TPSA) is 122 Å². The van der Waals surface area contributed by atoms with E-state index >= 15 is 0 Å². The van der Waals surface area contributed by atoms with E-state index in [1.807, 2.05) is 17.5 Å². The molecule has 4 rings (SSSR count). The SMILES string of the molecule is CS(=O)(=O)N1CCN(S(=O)(=O)c2ccc(-c3cccs3)cc2)[C@@H](C(=O)NOC2CCCCO2)C1. The van der Waals surface area contributed by atoms with E-state index in [4.69, 9.17) is 9.57 Å². The second-order valence-corrected chi connectivity index (χ2v) is 13.0. The van der Waals surface area contributed by atoms with Gasteiger partial charge in [-0.3, -0.25) is 4.79 Å². The first-order valence-corrected chi connectivity index (χ1v) is 15.0. The molecule has 0 bridgehead atoms. The van der Waals surface area contributed by atoms with E-state index in [9.17, 15) is 21.6 Å². The number of carbonyl (C=O) groups is 1. The highest BCUT2D eigenvalue weighted by Gasteiger charge is 2.42. The van der Waals surface area contributed by atoms with Gasteiger partial charge in [-0.05, 0) is 42.0 Å². The summed E-state index contributed by atoms with van der Waals surface area (Å²) in [6.45, 7) is -0.0261. The predicted octanol–water partition coefficient (Wildman–Crippen LogP) is 1.62. The molecule has 1 unspecified atom stereocenters. The van der Waals surface area contributed by atoms with Crippen LogP contribution in [0, 0.1) is 0 Å². The number of thiophene rings is 1. The standard InChI is InChI=1S/C21H27N3O7S3/c1-33(26,27)23-11-12-24(18(15-23)21(25)22-31-20-6-2-3-13-30-20)34(28,29)17-9-7-16(8-10-17)19-5-4-14-32-19/h4-5,7-10,14,18,20H,2-3,6,11-13,15H2,1H3,(H,22,25)/t18-,20?/m1/s1. The molecule has 186 valence electrons. The van der Waals surface area contributed by atoms with E-state index < -0.39 is 38.3 Å². The van der Waals surface area contributed by atoms with Crippen LogP contribution in [0.3, 0.4) is 0 Å². The molecule has 2 atom stereocenters. The summed E-state index contributed by atoms with van der Waals surface area (Å²) in [6, 6.07) is 8.97. The molecule has 2 fully saturated rings. The van der Waals surface area contributed by atoms with Crippen LogP contribution in [0.15, 0.2) is 46.7 Å². The average Bonchev–Trinajstić information content (AvgIpc) is 3.37. The first-order chi connectivity index (χ1) is 16.2. The molecule has 34 heavy (non-hydrogen) atoms. The molecule has 3 heterocycles. The number of nitrogens with zero attached hydrogens (tertiary/aromatic N) is 2. The van der Waals surface area contributed by atoms with Gasteiger partial charge in [0.2, 0.25) is 20.0 Å². The van der Waals surface area contributed by atoms with E-state index in [0.717, 1.165) is 38.1 Å². The predicted molar refractivity (Wildman–Crippen MR) is 127 cm³/mol. The molecule has 0 radical (unpaired) electrons. The van der Waals surface area contributed by atoms with Gasteiger partial charge in [-0.15, -0.1) is 11.3 Å². The number of piperazine rings is 1. The van der Waals surface area contributed by atoms with E-state index in [1.54, 1.807) is 23.5 Å². The monoisotopic (exact) mass is 529 g/mol. The average molecular weight is 530 g/mol. The van der Waals surface area contributed by atoms with Crippen LogP contribution in [0.25, 0.3) is 10.4 Å². The molecule has 0 spiro atoms. The Morgan fingerprint density at radius 3 is 2.50 bits per heavy atom. The van der Waals surface area contributed by atoms with Gasteiger partial charge in [0.05, 0.1) is 11.2 Å². The van der Waals surface area contributed by atoms with Crippen LogP contribution in [-0.4, -0.2) is 76.2 Å². The Morgan fingerprint density at radius 1 is 1.12 bits per heavy atom. The Hall–Kier alpha value is -1.87. The van der Waals surface area contributed by atoms with Crippen molar-refractivity contribution in [2.45, 2.75) is 36.5 Å². The number of amides is 1. The van der Waals surface area contributed by atoms with Crippen molar-refractivity contribution in [3.05, 3.63) is 41.8 Å². The first-order valence-electron chi connectivity index (χ1n) is 10.8. The van der Waals surface area contributed by atoms with Gasteiger partial charge in [-0.1, -0.05) is 18.2 Å². The Kier molecular flexibility index (Phi) is 7.72. The Bertz CT molecular complexity index is 1190. The summed E-state index contributed by atoms with van der Waals surface area (Å²) >= 11 is 1.54. The fourth-order valence-corrected chi connectivity index (χ4v) is 7.04.